The Morgan fingerprint density at radius 3 is 2.59 bits per heavy atom. The topological polar surface area (TPSA) is 73.2 Å². The van der Waals surface area contributed by atoms with Gasteiger partial charge in [0.05, 0.1) is 23.5 Å². The maximum absolute atomic E-state index is 13.1. The van der Waals surface area contributed by atoms with Gasteiger partial charge in [-0.15, -0.1) is 11.8 Å². The lowest BCUT2D eigenvalue weighted by molar-refractivity contribution is -0.152. The van der Waals surface area contributed by atoms with E-state index in [1.165, 1.54) is 24.8 Å². The highest BCUT2D eigenvalue weighted by Gasteiger charge is 2.20. The predicted octanol–water partition coefficient (Wildman–Crippen LogP) is 3.37. The minimum atomic E-state index is -0.968. The molecule has 0 spiro atoms. The van der Waals surface area contributed by atoms with Gasteiger partial charge in [-0.1, -0.05) is 0 Å². The molecule has 0 aliphatic carbocycles. The molecule has 27 heavy (non-hydrogen) atoms. The average Bonchev–Trinajstić information content (AvgIpc) is 2.84. The summed E-state index contributed by atoms with van der Waals surface area (Å²) in [6.45, 7) is 5.08. The SMILES string of the molecule is Cc1nn(C)c(C)c1NC(=O)[C@H](C)OC(=O)CCSc1ccc(F)c(F)c1. The van der Waals surface area contributed by atoms with Crippen LogP contribution >= 0.6 is 11.8 Å². The van der Waals surface area contributed by atoms with Crippen LogP contribution in [0.4, 0.5) is 14.5 Å². The van der Waals surface area contributed by atoms with Crippen LogP contribution < -0.4 is 5.32 Å². The van der Waals surface area contributed by atoms with Crippen LogP contribution in [0, 0.1) is 25.5 Å². The molecule has 0 fully saturated rings. The number of nitrogens with zero attached hydrogens (tertiary/aromatic N) is 2. The summed E-state index contributed by atoms with van der Waals surface area (Å²) in [7, 11) is 1.77. The maximum atomic E-state index is 13.1. The minimum Gasteiger partial charge on any atom is -0.453 e. The number of aryl methyl sites for hydroxylation is 2. The van der Waals surface area contributed by atoms with Gasteiger partial charge < -0.3 is 10.1 Å². The van der Waals surface area contributed by atoms with E-state index in [0.29, 0.717) is 22.0 Å². The molecule has 0 radical (unpaired) electrons. The van der Waals surface area contributed by atoms with Crippen molar-refractivity contribution in [3.63, 3.8) is 0 Å². The van der Waals surface area contributed by atoms with E-state index < -0.39 is 29.6 Å². The highest BCUT2D eigenvalue weighted by Crippen LogP contribution is 2.22. The zero-order valence-electron chi connectivity index (χ0n) is 15.5. The molecular formula is C18H21F2N3O3S. The van der Waals surface area contributed by atoms with Gasteiger partial charge >= 0.3 is 5.97 Å². The van der Waals surface area contributed by atoms with E-state index in [-0.39, 0.29) is 6.42 Å². The number of carbonyl (C=O) groups excluding carboxylic acids is 2. The highest BCUT2D eigenvalue weighted by atomic mass is 32.2. The zero-order chi connectivity index (χ0) is 20.1. The fourth-order valence-corrected chi connectivity index (χ4v) is 3.16. The van der Waals surface area contributed by atoms with Crippen molar-refractivity contribution in [1.29, 1.82) is 0 Å². The summed E-state index contributed by atoms with van der Waals surface area (Å²) >= 11 is 1.20. The quantitative estimate of drug-likeness (QED) is 0.573. The van der Waals surface area contributed by atoms with Crippen molar-refractivity contribution in [2.45, 2.75) is 38.2 Å². The first-order chi connectivity index (χ1) is 12.7. The molecular weight excluding hydrogens is 376 g/mol. The van der Waals surface area contributed by atoms with Crippen LogP contribution in [-0.4, -0.2) is 33.5 Å². The van der Waals surface area contributed by atoms with Crippen molar-refractivity contribution in [2.75, 3.05) is 11.1 Å². The first-order valence-electron chi connectivity index (χ1n) is 8.27. The number of benzene rings is 1. The van der Waals surface area contributed by atoms with E-state index in [4.69, 9.17) is 4.74 Å². The molecule has 0 aliphatic rings. The molecule has 146 valence electrons. The number of esters is 1. The smallest absolute Gasteiger partial charge is 0.307 e. The molecule has 1 aromatic heterocycles. The molecule has 1 heterocycles. The van der Waals surface area contributed by atoms with Crippen LogP contribution in [0.5, 0.6) is 0 Å². The van der Waals surface area contributed by atoms with Gasteiger partial charge in [-0.3, -0.25) is 14.3 Å². The van der Waals surface area contributed by atoms with Crippen LogP contribution in [0.2, 0.25) is 0 Å². The lowest BCUT2D eigenvalue weighted by Gasteiger charge is -2.13. The first kappa shape index (κ1) is 20.9. The molecule has 0 bridgehead atoms. The summed E-state index contributed by atoms with van der Waals surface area (Å²) in [5.74, 6) is -2.53. The summed E-state index contributed by atoms with van der Waals surface area (Å²) < 4.78 is 32.8. The summed E-state index contributed by atoms with van der Waals surface area (Å²) in [5.41, 5.74) is 2.06. The molecule has 1 N–H and O–H groups in total. The second kappa shape index (κ2) is 8.98. The van der Waals surface area contributed by atoms with E-state index in [1.54, 1.807) is 18.7 Å². The summed E-state index contributed by atoms with van der Waals surface area (Å²) in [6, 6.07) is 3.54. The number of aromatic nitrogens is 2. The van der Waals surface area contributed by atoms with Crippen LogP contribution in [-0.2, 0) is 21.4 Å². The number of nitrogens with one attached hydrogen (secondary N) is 1. The Balaban J connectivity index is 1.80. The van der Waals surface area contributed by atoms with Gasteiger partial charge in [0.25, 0.3) is 5.91 Å². The molecule has 0 aliphatic heterocycles. The fourth-order valence-electron chi connectivity index (χ4n) is 2.31. The minimum absolute atomic E-state index is 0.0340. The third-order valence-electron chi connectivity index (χ3n) is 3.90. The highest BCUT2D eigenvalue weighted by molar-refractivity contribution is 7.99. The normalized spacial score (nSPS) is 11.9. The Hall–Kier alpha value is -2.42. The van der Waals surface area contributed by atoms with Gasteiger partial charge in [-0.05, 0) is 39.0 Å². The largest absolute Gasteiger partial charge is 0.453 e. The number of thioether (sulfide) groups is 1. The van der Waals surface area contributed by atoms with Crippen molar-refractivity contribution in [2.24, 2.45) is 7.05 Å². The number of carbonyl (C=O) groups is 2. The van der Waals surface area contributed by atoms with Crippen LogP contribution in [0.1, 0.15) is 24.7 Å². The Morgan fingerprint density at radius 2 is 2.00 bits per heavy atom. The molecule has 2 aromatic rings. The van der Waals surface area contributed by atoms with Crippen LogP contribution in [0.15, 0.2) is 23.1 Å². The second-order valence-electron chi connectivity index (χ2n) is 5.97. The van der Waals surface area contributed by atoms with Crippen LogP contribution in [0.3, 0.4) is 0 Å². The van der Waals surface area contributed by atoms with Gasteiger partial charge in [-0.25, -0.2) is 8.78 Å². The fraction of sp³-hybridized carbons (Fsp3) is 0.389. The van der Waals surface area contributed by atoms with Gasteiger partial charge in [0, 0.05) is 17.7 Å². The molecule has 9 heteroatoms. The standard InChI is InChI=1S/C18H21F2N3O3S/c1-10-17(11(2)23(4)22-10)21-18(25)12(3)26-16(24)7-8-27-13-5-6-14(19)15(20)9-13/h5-6,9,12H,7-8H2,1-4H3,(H,21,25)/t12-/m0/s1. The lowest BCUT2D eigenvalue weighted by atomic mass is 10.3. The van der Waals surface area contributed by atoms with E-state index >= 15 is 0 Å². The predicted molar refractivity (Wildman–Crippen MR) is 98.6 cm³/mol. The number of rotatable bonds is 7. The third-order valence-corrected chi connectivity index (χ3v) is 4.90. The molecule has 0 unspecified atom stereocenters. The number of ether oxygens (including phenoxy) is 1. The molecule has 1 amide bonds. The van der Waals surface area contributed by atoms with E-state index in [0.717, 1.165) is 17.8 Å². The number of amides is 1. The molecule has 6 nitrogen and oxygen atoms in total. The number of hydrogen-bond donors (Lipinski definition) is 1. The lowest BCUT2D eigenvalue weighted by Crippen LogP contribution is -2.30. The maximum Gasteiger partial charge on any atom is 0.307 e. The monoisotopic (exact) mass is 397 g/mol. The number of halogens is 2. The summed E-state index contributed by atoms with van der Waals surface area (Å²) in [4.78, 5) is 24.6. The van der Waals surface area contributed by atoms with Crippen molar-refractivity contribution in [3.8, 4) is 0 Å². The Morgan fingerprint density at radius 1 is 1.30 bits per heavy atom. The second-order valence-corrected chi connectivity index (χ2v) is 7.13. The van der Waals surface area contributed by atoms with Gasteiger partial charge in [0.2, 0.25) is 0 Å². The molecule has 1 atom stereocenters. The van der Waals surface area contributed by atoms with Gasteiger partial charge in [0.15, 0.2) is 17.7 Å². The average molecular weight is 397 g/mol. The Kier molecular flexibility index (Phi) is 6.95. The summed E-state index contributed by atoms with van der Waals surface area (Å²) in [6.07, 6.45) is -0.934. The van der Waals surface area contributed by atoms with Crippen molar-refractivity contribution in [3.05, 3.63) is 41.2 Å². The summed E-state index contributed by atoms with van der Waals surface area (Å²) in [5, 5.41) is 6.92. The number of hydrogen-bond acceptors (Lipinski definition) is 5. The molecule has 1 aromatic carbocycles. The van der Waals surface area contributed by atoms with Gasteiger partial charge in [-0.2, -0.15) is 5.10 Å². The van der Waals surface area contributed by atoms with Crippen LogP contribution in [0.25, 0.3) is 0 Å². The van der Waals surface area contributed by atoms with Gasteiger partial charge in [0.1, 0.15) is 0 Å². The molecule has 0 saturated heterocycles. The van der Waals surface area contributed by atoms with E-state index in [1.807, 2.05) is 6.92 Å². The van der Waals surface area contributed by atoms with Crippen molar-refractivity contribution < 1.29 is 23.1 Å². The molecule has 2 rings (SSSR count). The Bertz CT molecular complexity index is 855. The zero-order valence-corrected chi connectivity index (χ0v) is 16.3. The third kappa shape index (κ3) is 5.53. The van der Waals surface area contributed by atoms with Crippen molar-refractivity contribution in [1.82, 2.24) is 9.78 Å². The Labute approximate surface area is 160 Å². The van der Waals surface area contributed by atoms with E-state index in [9.17, 15) is 18.4 Å². The first-order valence-corrected chi connectivity index (χ1v) is 9.26. The molecule has 0 saturated carbocycles. The number of anilines is 1. The van der Waals surface area contributed by atoms with E-state index in [2.05, 4.69) is 10.4 Å². The van der Waals surface area contributed by atoms with Crippen molar-refractivity contribution >= 4 is 29.3 Å².